The Morgan fingerprint density at radius 1 is 1.12 bits per heavy atom. The van der Waals surface area contributed by atoms with Crippen molar-refractivity contribution in [3.8, 4) is 0 Å². The van der Waals surface area contributed by atoms with Crippen molar-refractivity contribution in [2.45, 2.75) is 19.4 Å². The summed E-state index contributed by atoms with van der Waals surface area (Å²) in [6.07, 6.45) is 3.64. The van der Waals surface area contributed by atoms with Crippen molar-refractivity contribution in [3.05, 3.63) is 71.5 Å². The van der Waals surface area contributed by atoms with E-state index in [-0.39, 0.29) is 12.5 Å². The number of hydrogen-bond acceptors (Lipinski definition) is 3. The second kappa shape index (κ2) is 6.73. The molecule has 2 aromatic carbocycles. The summed E-state index contributed by atoms with van der Waals surface area (Å²) in [5, 5.41) is 10.1. The molecule has 0 bridgehead atoms. The fourth-order valence-corrected chi connectivity index (χ4v) is 3.58. The van der Waals surface area contributed by atoms with Crippen LogP contribution in [0.1, 0.15) is 27.9 Å². The zero-order chi connectivity index (χ0) is 17.2. The van der Waals surface area contributed by atoms with Crippen molar-refractivity contribution in [1.82, 2.24) is 4.90 Å². The van der Waals surface area contributed by atoms with Gasteiger partial charge in [-0.3, -0.25) is 4.79 Å². The molecule has 2 heterocycles. The molecule has 1 amide bonds. The van der Waals surface area contributed by atoms with E-state index < -0.39 is 0 Å². The summed E-state index contributed by atoms with van der Waals surface area (Å²) in [7, 11) is 0. The van der Waals surface area contributed by atoms with Crippen LogP contribution in [0.15, 0.2) is 59.2 Å². The lowest BCUT2D eigenvalue weighted by Gasteiger charge is -2.17. The Morgan fingerprint density at radius 2 is 1.92 bits per heavy atom. The van der Waals surface area contributed by atoms with Gasteiger partial charge in [-0.05, 0) is 54.2 Å². The molecular weight excluding hydrogens is 314 g/mol. The monoisotopic (exact) mass is 335 g/mol. The average molecular weight is 335 g/mol. The summed E-state index contributed by atoms with van der Waals surface area (Å²) in [6.45, 7) is 1.68. The minimum atomic E-state index is 0.0764. The normalized spacial score (nSPS) is 17.3. The smallest absolute Gasteiger partial charge is 0.253 e. The summed E-state index contributed by atoms with van der Waals surface area (Å²) in [6, 6.07) is 15.6. The van der Waals surface area contributed by atoms with Gasteiger partial charge in [0.15, 0.2) is 0 Å². The minimum Gasteiger partial charge on any atom is -0.464 e. The largest absolute Gasteiger partial charge is 0.464 e. The summed E-state index contributed by atoms with van der Waals surface area (Å²) in [5.41, 5.74) is 3.72. The van der Waals surface area contributed by atoms with Crippen LogP contribution in [-0.2, 0) is 13.0 Å². The number of aliphatic hydroxyl groups is 1. The number of rotatable bonds is 4. The third-order valence-electron chi connectivity index (χ3n) is 5.00. The molecule has 0 unspecified atom stereocenters. The van der Waals surface area contributed by atoms with Gasteiger partial charge in [0, 0.05) is 24.0 Å². The molecule has 0 saturated carbocycles. The lowest BCUT2D eigenvalue weighted by Crippen LogP contribution is -2.28. The number of furan rings is 1. The molecule has 1 fully saturated rings. The molecule has 128 valence electrons. The third-order valence-corrected chi connectivity index (χ3v) is 5.00. The highest BCUT2D eigenvalue weighted by Crippen LogP contribution is 2.24. The zero-order valence-electron chi connectivity index (χ0n) is 14.0. The van der Waals surface area contributed by atoms with E-state index in [1.54, 1.807) is 6.26 Å². The number of carbonyl (C=O) groups is 1. The lowest BCUT2D eigenvalue weighted by molar-refractivity contribution is 0.0787. The Kier molecular flexibility index (Phi) is 4.28. The maximum absolute atomic E-state index is 12.8. The van der Waals surface area contributed by atoms with Crippen molar-refractivity contribution < 1.29 is 14.3 Å². The molecule has 4 nitrogen and oxygen atoms in total. The zero-order valence-corrected chi connectivity index (χ0v) is 14.0. The van der Waals surface area contributed by atoms with E-state index in [1.807, 2.05) is 41.3 Å². The van der Waals surface area contributed by atoms with E-state index in [4.69, 9.17) is 9.52 Å². The third kappa shape index (κ3) is 3.30. The van der Waals surface area contributed by atoms with Gasteiger partial charge < -0.3 is 14.4 Å². The van der Waals surface area contributed by atoms with Gasteiger partial charge in [-0.15, -0.1) is 0 Å². The van der Waals surface area contributed by atoms with Gasteiger partial charge in [0.1, 0.15) is 5.58 Å². The van der Waals surface area contributed by atoms with E-state index >= 15 is 0 Å². The number of aliphatic hydroxyl groups excluding tert-OH is 1. The number of hydrogen-bond donors (Lipinski definition) is 1. The summed E-state index contributed by atoms with van der Waals surface area (Å²) in [5.74, 6) is 0.586. The predicted molar refractivity (Wildman–Crippen MR) is 96.3 cm³/mol. The molecule has 4 heteroatoms. The van der Waals surface area contributed by atoms with Crippen LogP contribution in [0, 0.1) is 5.92 Å². The van der Waals surface area contributed by atoms with Crippen LogP contribution in [0.2, 0.25) is 0 Å². The molecule has 1 aromatic heterocycles. The van der Waals surface area contributed by atoms with Crippen LogP contribution in [0.4, 0.5) is 0 Å². The van der Waals surface area contributed by atoms with Crippen molar-refractivity contribution in [3.63, 3.8) is 0 Å². The number of amides is 1. The highest BCUT2D eigenvalue weighted by atomic mass is 16.3. The molecular formula is C21H21NO3. The van der Waals surface area contributed by atoms with Crippen LogP contribution in [0.25, 0.3) is 11.0 Å². The first-order valence-electron chi connectivity index (χ1n) is 8.68. The molecule has 0 spiro atoms. The maximum atomic E-state index is 12.8. The molecule has 1 N–H and O–H groups in total. The number of benzene rings is 2. The van der Waals surface area contributed by atoms with Gasteiger partial charge >= 0.3 is 0 Å². The van der Waals surface area contributed by atoms with Crippen LogP contribution in [0.3, 0.4) is 0 Å². The topological polar surface area (TPSA) is 53.7 Å². The maximum Gasteiger partial charge on any atom is 0.253 e. The number of carbonyl (C=O) groups excluding carboxylic acids is 1. The molecule has 0 radical (unpaired) electrons. The summed E-state index contributed by atoms with van der Waals surface area (Å²) < 4.78 is 5.34. The first-order chi connectivity index (χ1) is 12.2. The number of nitrogens with zero attached hydrogens (tertiary/aromatic N) is 1. The first-order valence-corrected chi connectivity index (χ1v) is 8.68. The number of likely N-dealkylation sites (tertiary alicyclic amines) is 1. The first kappa shape index (κ1) is 15.9. The van der Waals surface area contributed by atoms with Crippen LogP contribution in [-0.4, -0.2) is 29.0 Å². The summed E-state index contributed by atoms with van der Waals surface area (Å²) >= 11 is 0. The quantitative estimate of drug-likeness (QED) is 0.792. The highest BCUT2D eigenvalue weighted by Gasteiger charge is 2.27. The van der Waals surface area contributed by atoms with E-state index in [9.17, 15) is 4.79 Å². The molecule has 25 heavy (non-hydrogen) atoms. The molecule has 3 aromatic rings. The Bertz CT molecular complexity index is 882. The average Bonchev–Trinajstić information content (AvgIpc) is 3.30. The molecule has 0 aliphatic carbocycles. The van der Waals surface area contributed by atoms with Crippen molar-refractivity contribution >= 4 is 16.9 Å². The second-order valence-electron chi connectivity index (χ2n) is 6.76. The van der Waals surface area contributed by atoms with Crippen molar-refractivity contribution in [2.75, 3.05) is 13.1 Å². The van der Waals surface area contributed by atoms with Gasteiger partial charge in [0.25, 0.3) is 5.91 Å². The molecule has 1 atom stereocenters. The van der Waals surface area contributed by atoms with Crippen molar-refractivity contribution in [1.29, 1.82) is 0 Å². The Morgan fingerprint density at radius 3 is 2.72 bits per heavy atom. The molecule has 1 aliphatic rings. The fourth-order valence-electron chi connectivity index (χ4n) is 3.58. The van der Waals surface area contributed by atoms with Gasteiger partial charge in [0.05, 0.1) is 12.9 Å². The van der Waals surface area contributed by atoms with Crippen LogP contribution < -0.4 is 0 Å². The molecule has 1 aliphatic heterocycles. The lowest BCUT2D eigenvalue weighted by atomic mass is 9.98. The predicted octanol–water partition coefficient (Wildman–Crippen LogP) is 3.63. The van der Waals surface area contributed by atoms with Gasteiger partial charge in [-0.2, -0.15) is 0 Å². The SMILES string of the molecule is O=C(c1ccc2occc2c1)N1CC[C@@H](Cc2ccc(CO)cc2)C1. The van der Waals surface area contributed by atoms with Crippen LogP contribution in [0.5, 0.6) is 0 Å². The standard InChI is InChI=1S/C21H21NO3/c23-14-16-3-1-15(2-4-16)11-17-7-9-22(13-17)21(24)19-5-6-20-18(12-19)8-10-25-20/h1-6,8,10,12,17,23H,7,9,11,13-14H2/t17-/m0/s1. The van der Waals surface area contributed by atoms with Gasteiger partial charge in [-0.25, -0.2) is 0 Å². The molecule has 4 rings (SSSR count). The minimum absolute atomic E-state index is 0.0764. The summed E-state index contributed by atoms with van der Waals surface area (Å²) in [4.78, 5) is 14.7. The Hall–Kier alpha value is -2.59. The van der Waals surface area contributed by atoms with E-state index in [0.717, 1.165) is 48.0 Å². The Labute approximate surface area is 146 Å². The van der Waals surface area contributed by atoms with Crippen LogP contribution >= 0.6 is 0 Å². The van der Waals surface area contributed by atoms with E-state index in [2.05, 4.69) is 12.1 Å². The van der Waals surface area contributed by atoms with Gasteiger partial charge in [0.2, 0.25) is 0 Å². The van der Waals surface area contributed by atoms with E-state index in [1.165, 1.54) is 5.56 Å². The highest BCUT2D eigenvalue weighted by molar-refractivity contribution is 5.97. The Balaban J connectivity index is 1.41. The van der Waals surface area contributed by atoms with Gasteiger partial charge in [-0.1, -0.05) is 24.3 Å². The van der Waals surface area contributed by atoms with E-state index in [0.29, 0.717) is 5.92 Å². The fraction of sp³-hybridized carbons (Fsp3) is 0.286. The van der Waals surface area contributed by atoms with Crippen molar-refractivity contribution in [2.24, 2.45) is 5.92 Å². The molecule has 1 saturated heterocycles. The second-order valence-corrected chi connectivity index (χ2v) is 6.76. The number of fused-ring (bicyclic) bond motifs is 1.